The lowest BCUT2D eigenvalue weighted by Gasteiger charge is -2.23. The molecule has 7 nitrogen and oxygen atoms in total. The van der Waals surface area contributed by atoms with Gasteiger partial charge in [-0.15, -0.1) is 0 Å². The molecule has 1 saturated carbocycles. The fourth-order valence-corrected chi connectivity index (χ4v) is 2.35. The molecule has 0 radical (unpaired) electrons. The molecule has 1 aliphatic rings. The Hall–Kier alpha value is -1.92. The molecule has 0 aliphatic heterocycles. The van der Waals surface area contributed by atoms with Gasteiger partial charge in [-0.3, -0.25) is 10.1 Å². The first-order valence-electron chi connectivity index (χ1n) is 6.13. The van der Waals surface area contributed by atoms with Crippen LogP contribution < -0.4 is 11.1 Å². The summed E-state index contributed by atoms with van der Waals surface area (Å²) in [4.78, 5) is 18.4. The van der Waals surface area contributed by atoms with E-state index in [0.29, 0.717) is 5.69 Å². The number of nitrogen functional groups attached to an aromatic ring is 1. The Morgan fingerprint density at radius 2 is 2.00 bits per heavy atom. The highest BCUT2D eigenvalue weighted by atomic mass is 16.6. The lowest BCUT2D eigenvalue weighted by molar-refractivity contribution is -0.385. The van der Waals surface area contributed by atoms with E-state index in [-0.39, 0.29) is 23.5 Å². The number of hydrogen-bond donors (Lipinski definition) is 2. The summed E-state index contributed by atoms with van der Waals surface area (Å²) in [5.74, 6) is 0.313. The van der Waals surface area contributed by atoms with Gasteiger partial charge in [0.2, 0.25) is 11.8 Å². The van der Waals surface area contributed by atoms with Crippen LogP contribution in [0.5, 0.6) is 0 Å². The lowest BCUT2D eigenvalue weighted by Crippen LogP contribution is -2.24. The molecule has 0 atom stereocenters. The first-order chi connectivity index (χ1) is 8.58. The lowest BCUT2D eigenvalue weighted by atomic mass is 9.95. The quantitative estimate of drug-likeness (QED) is 0.628. The van der Waals surface area contributed by atoms with Crippen molar-refractivity contribution in [3.05, 3.63) is 15.8 Å². The van der Waals surface area contributed by atoms with Crippen LogP contribution in [0.25, 0.3) is 0 Å². The third-order valence-corrected chi connectivity index (χ3v) is 3.20. The van der Waals surface area contributed by atoms with Gasteiger partial charge in [-0.1, -0.05) is 19.3 Å². The molecular weight excluding hydrogens is 234 g/mol. The van der Waals surface area contributed by atoms with E-state index in [1.54, 1.807) is 6.92 Å². The molecule has 0 amide bonds. The van der Waals surface area contributed by atoms with Gasteiger partial charge in [-0.2, -0.15) is 4.98 Å². The van der Waals surface area contributed by atoms with E-state index in [2.05, 4.69) is 15.3 Å². The summed E-state index contributed by atoms with van der Waals surface area (Å²) in [6, 6.07) is 0.242. The molecule has 1 fully saturated rings. The minimum atomic E-state index is -0.458. The van der Waals surface area contributed by atoms with Crippen LogP contribution >= 0.6 is 0 Å². The van der Waals surface area contributed by atoms with Gasteiger partial charge in [-0.25, -0.2) is 4.98 Å². The summed E-state index contributed by atoms with van der Waals surface area (Å²) in [6.07, 6.45) is 5.54. The van der Waals surface area contributed by atoms with Crippen molar-refractivity contribution >= 4 is 17.5 Å². The van der Waals surface area contributed by atoms with Crippen molar-refractivity contribution < 1.29 is 4.92 Å². The molecule has 98 valence electrons. The molecule has 1 heterocycles. The summed E-state index contributed by atoms with van der Waals surface area (Å²) in [7, 11) is 0. The zero-order valence-corrected chi connectivity index (χ0v) is 10.3. The average molecular weight is 251 g/mol. The van der Waals surface area contributed by atoms with Crippen LogP contribution in [0.1, 0.15) is 37.8 Å². The van der Waals surface area contributed by atoms with Crippen LogP contribution in [0, 0.1) is 17.0 Å². The fraction of sp³-hybridized carbons (Fsp3) is 0.636. The molecule has 0 saturated heterocycles. The van der Waals surface area contributed by atoms with E-state index in [4.69, 9.17) is 5.73 Å². The van der Waals surface area contributed by atoms with Crippen molar-refractivity contribution in [3.8, 4) is 0 Å². The standard InChI is InChI=1S/C11H17N5O2/c1-7-9(16(17)18)10(15-11(12)13-7)14-8-5-3-2-4-6-8/h8H,2-6H2,1H3,(H3,12,13,14,15). The molecule has 2 rings (SSSR count). The van der Waals surface area contributed by atoms with E-state index in [9.17, 15) is 10.1 Å². The van der Waals surface area contributed by atoms with Crippen molar-refractivity contribution in [3.63, 3.8) is 0 Å². The Morgan fingerprint density at radius 1 is 1.33 bits per heavy atom. The van der Waals surface area contributed by atoms with Crippen LogP contribution in [0.4, 0.5) is 17.5 Å². The highest BCUT2D eigenvalue weighted by molar-refractivity contribution is 5.60. The van der Waals surface area contributed by atoms with Gasteiger partial charge in [0.05, 0.1) is 4.92 Å². The number of hydrogen-bond acceptors (Lipinski definition) is 6. The van der Waals surface area contributed by atoms with E-state index < -0.39 is 4.92 Å². The largest absolute Gasteiger partial charge is 0.368 e. The summed E-state index contributed by atoms with van der Waals surface area (Å²) < 4.78 is 0. The number of aromatic nitrogens is 2. The highest BCUT2D eigenvalue weighted by Crippen LogP contribution is 2.29. The van der Waals surface area contributed by atoms with E-state index in [1.807, 2.05) is 0 Å². The van der Waals surface area contributed by atoms with Gasteiger partial charge in [0.25, 0.3) is 0 Å². The topological polar surface area (TPSA) is 107 Å². The van der Waals surface area contributed by atoms with E-state index in [0.717, 1.165) is 25.7 Å². The van der Waals surface area contributed by atoms with Gasteiger partial charge in [0, 0.05) is 6.04 Å². The normalized spacial score (nSPS) is 16.5. The molecule has 0 unspecified atom stereocenters. The molecule has 1 aliphatic carbocycles. The summed E-state index contributed by atoms with van der Waals surface area (Å²) in [5, 5.41) is 14.2. The van der Waals surface area contributed by atoms with Gasteiger partial charge in [0.1, 0.15) is 5.69 Å². The van der Waals surface area contributed by atoms with Gasteiger partial charge in [0.15, 0.2) is 0 Å². The predicted molar refractivity (Wildman–Crippen MR) is 68.3 cm³/mol. The van der Waals surface area contributed by atoms with Crippen molar-refractivity contribution in [2.75, 3.05) is 11.1 Å². The SMILES string of the molecule is Cc1nc(N)nc(NC2CCCCC2)c1[N+](=O)[O-]. The number of anilines is 2. The zero-order valence-electron chi connectivity index (χ0n) is 10.3. The first-order valence-corrected chi connectivity index (χ1v) is 6.13. The van der Waals surface area contributed by atoms with E-state index in [1.165, 1.54) is 6.42 Å². The van der Waals surface area contributed by atoms with Gasteiger partial charge < -0.3 is 11.1 Å². The second kappa shape index (κ2) is 5.16. The number of aryl methyl sites for hydroxylation is 1. The average Bonchev–Trinajstić information content (AvgIpc) is 2.28. The molecule has 1 aromatic rings. The Labute approximate surface area is 105 Å². The Morgan fingerprint density at radius 3 is 2.61 bits per heavy atom. The highest BCUT2D eigenvalue weighted by Gasteiger charge is 2.24. The van der Waals surface area contributed by atoms with Crippen molar-refractivity contribution in [2.45, 2.75) is 45.1 Å². The number of rotatable bonds is 3. The molecule has 7 heteroatoms. The third kappa shape index (κ3) is 2.66. The Kier molecular flexibility index (Phi) is 3.59. The number of nitrogens with two attached hydrogens (primary N) is 1. The van der Waals surface area contributed by atoms with Crippen LogP contribution in [-0.4, -0.2) is 20.9 Å². The number of nitrogens with one attached hydrogen (secondary N) is 1. The minimum Gasteiger partial charge on any atom is -0.368 e. The molecule has 0 aromatic carbocycles. The van der Waals surface area contributed by atoms with Crippen molar-refractivity contribution in [1.29, 1.82) is 0 Å². The molecule has 0 spiro atoms. The summed E-state index contributed by atoms with van der Waals surface area (Å²) >= 11 is 0. The van der Waals surface area contributed by atoms with Gasteiger partial charge in [-0.05, 0) is 19.8 Å². The molecule has 0 bridgehead atoms. The second-order valence-corrected chi connectivity index (χ2v) is 4.60. The number of nitro groups is 1. The maximum Gasteiger partial charge on any atom is 0.332 e. The minimum absolute atomic E-state index is 0.0661. The fourth-order valence-electron chi connectivity index (χ4n) is 2.35. The van der Waals surface area contributed by atoms with E-state index >= 15 is 0 Å². The Bertz CT molecular complexity index is 457. The van der Waals surface area contributed by atoms with Crippen LogP contribution in [-0.2, 0) is 0 Å². The van der Waals surface area contributed by atoms with Gasteiger partial charge >= 0.3 is 5.69 Å². The zero-order chi connectivity index (χ0) is 13.1. The number of nitrogens with zero attached hydrogens (tertiary/aromatic N) is 3. The van der Waals surface area contributed by atoms with Crippen molar-refractivity contribution in [1.82, 2.24) is 9.97 Å². The third-order valence-electron chi connectivity index (χ3n) is 3.20. The van der Waals surface area contributed by atoms with Crippen molar-refractivity contribution in [2.24, 2.45) is 0 Å². The summed E-state index contributed by atoms with van der Waals surface area (Å²) in [5.41, 5.74) is 5.77. The van der Waals surface area contributed by atoms with Crippen LogP contribution in [0.3, 0.4) is 0 Å². The Balaban J connectivity index is 2.27. The first kappa shape index (κ1) is 12.5. The monoisotopic (exact) mass is 251 g/mol. The summed E-state index contributed by atoms with van der Waals surface area (Å²) in [6.45, 7) is 1.57. The second-order valence-electron chi connectivity index (χ2n) is 4.60. The molecular formula is C11H17N5O2. The smallest absolute Gasteiger partial charge is 0.332 e. The maximum absolute atomic E-state index is 11.0. The predicted octanol–water partition coefficient (Wildman–Crippen LogP) is 2.02. The molecule has 1 aromatic heterocycles. The van der Waals surface area contributed by atoms with Crippen LogP contribution in [0.15, 0.2) is 0 Å². The molecule has 3 N–H and O–H groups in total. The van der Waals surface area contributed by atoms with Crippen LogP contribution in [0.2, 0.25) is 0 Å². The maximum atomic E-state index is 11.0. The molecule has 18 heavy (non-hydrogen) atoms.